The Labute approximate surface area is 68.2 Å². The summed E-state index contributed by atoms with van der Waals surface area (Å²) < 4.78 is 17.4. The van der Waals surface area contributed by atoms with E-state index in [1.165, 1.54) is 0 Å². The monoisotopic (exact) mass is 134 g/mol. The second-order valence-corrected chi connectivity index (χ2v) is 1.80. The van der Waals surface area contributed by atoms with Crippen LogP contribution in [0.2, 0.25) is 0 Å². The van der Waals surface area contributed by atoms with Gasteiger partial charge < -0.3 is 11.1 Å². The molecule has 3 nitrogen and oxygen atoms in total. The van der Waals surface area contributed by atoms with Crippen molar-refractivity contribution in [3.8, 4) is 0 Å². The summed E-state index contributed by atoms with van der Waals surface area (Å²) in [5.41, 5.74) is 0. The molecule has 7 heavy (non-hydrogen) atoms. The molecule has 0 rings (SSSR count). The quantitative estimate of drug-likeness (QED) is 0.302. The Morgan fingerprint density at radius 3 is 2.14 bits per heavy atom. The van der Waals surface area contributed by atoms with E-state index >= 15 is 0 Å². The van der Waals surface area contributed by atoms with E-state index in [1.807, 2.05) is 0 Å². The van der Waals surface area contributed by atoms with Crippen LogP contribution in [-0.4, -0.2) is 26.2 Å². The van der Waals surface area contributed by atoms with Gasteiger partial charge >= 0.3 is 29.6 Å². The fourth-order valence-corrected chi connectivity index (χ4v) is 0.234. The third kappa shape index (κ3) is 11.0. The summed E-state index contributed by atoms with van der Waals surface area (Å²) in [6.07, 6.45) is 0. The number of aliphatic hydroxyl groups is 1. The SMILES string of the molecule is O=S(O)CCO.[H-].[Na+]. The van der Waals surface area contributed by atoms with Crippen molar-refractivity contribution < 1.29 is 44.9 Å². The van der Waals surface area contributed by atoms with Crippen LogP contribution in [0.4, 0.5) is 0 Å². The molecule has 1 unspecified atom stereocenters. The van der Waals surface area contributed by atoms with Crippen LogP contribution in [0.25, 0.3) is 0 Å². The molecule has 1 atom stereocenters. The Bertz CT molecular complexity index is 61.2. The second kappa shape index (κ2) is 7.07. The number of hydrogen-bond donors (Lipinski definition) is 2. The summed E-state index contributed by atoms with van der Waals surface area (Å²) in [7, 11) is 0. The summed E-state index contributed by atoms with van der Waals surface area (Å²) in [5, 5.41) is 7.88. The third-order valence-corrected chi connectivity index (χ3v) is 0.798. The van der Waals surface area contributed by atoms with E-state index in [4.69, 9.17) is 9.66 Å². The van der Waals surface area contributed by atoms with Gasteiger partial charge in [0.05, 0.1) is 12.4 Å². The molecular formula is C2H7NaO3S. The van der Waals surface area contributed by atoms with Crippen molar-refractivity contribution in [1.82, 2.24) is 0 Å². The van der Waals surface area contributed by atoms with Crippen molar-refractivity contribution in [2.75, 3.05) is 12.4 Å². The van der Waals surface area contributed by atoms with Crippen molar-refractivity contribution in [2.24, 2.45) is 0 Å². The molecule has 40 valence electrons. The summed E-state index contributed by atoms with van der Waals surface area (Å²) in [6.45, 7) is -0.219. The Morgan fingerprint density at radius 2 is 2.14 bits per heavy atom. The van der Waals surface area contributed by atoms with Gasteiger partial charge in [-0.25, -0.2) is 4.21 Å². The van der Waals surface area contributed by atoms with Crippen LogP contribution in [0.1, 0.15) is 1.43 Å². The average molecular weight is 134 g/mol. The minimum Gasteiger partial charge on any atom is -1.00 e. The molecule has 0 aromatic rings. The maximum atomic E-state index is 9.55. The fraction of sp³-hybridized carbons (Fsp3) is 1.00. The van der Waals surface area contributed by atoms with Crippen LogP contribution >= 0.6 is 0 Å². The molecule has 0 aliphatic heterocycles. The van der Waals surface area contributed by atoms with Crippen molar-refractivity contribution in [3.05, 3.63) is 0 Å². The van der Waals surface area contributed by atoms with Gasteiger partial charge in [-0.15, -0.1) is 0 Å². The molecule has 0 aliphatic carbocycles. The normalized spacial score (nSPS) is 12.3. The first-order chi connectivity index (χ1) is 2.77. The molecule has 0 heterocycles. The minimum absolute atomic E-state index is 0. The van der Waals surface area contributed by atoms with Crippen LogP contribution in [-0.2, 0) is 11.1 Å². The molecule has 0 saturated carbocycles. The van der Waals surface area contributed by atoms with E-state index < -0.39 is 11.1 Å². The molecule has 0 aromatic carbocycles. The maximum Gasteiger partial charge on any atom is 1.00 e. The van der Waals surface area contributed by atoms with Gasteiger partial charge in [0.1, 0.15) is 0 Å². The van der Waals surface area contributed by atoms with Gasteiger partial charge in [-0.1, -0.05) is 0 Å². The molecule has 5 heteroatoms. The molecule has 0 aromatic heterocycles. The molecule has 0 radical (unpaired) electrons. The summed E-state index contributed by atoms with van der Waals surface area (Å²) in [6, 6.07) is 0. The van der Waals surface area contributed by atoms with Gasteiger partial charge in [0.15, 0.2) is 11.1 Å². The average Bonchev–Trinajstić information content (AvgIpc) is 1.35. The van der Waals surface area contributed by atoms with Crippen LogP contribution in [0.5, 0.6) is 0 Å². The zero-order valence-electron chi connectivity index (χ0n) is 5.13. The van der Waals surface area contributed by atoms with Gasteiger partial charge in [0.2, 0.25) is 0 Å². The number of rotatable bonds is 2. The minimum atomic E-state index is -1.82. The standard InChI is InChI=1S/C2H6O3S.Na.H/c3-1-2-6(4)5;;/h3H,1-2H2,(H,4,5);;/q;+1;-1. The molecule has 0 bridgehead atoms. The van der Waals surface area contributed by atoms with Crippen molar-refractivity contribution >= 4 is 11.1 Å². The summed E-state index contributed by atoms with van der Waals surface area (Å²) >= 11 is -1.82. The summed E-state index contributed by atoms with van der Waals surface area (Å²) in [4.78, 5) is 0. The summed E-state index contributed by atoms with van der Waals surface area (Å²) in [5.74, 6) is -0.0417. The second-order valence-electron chi connectivity index (χ2n) is 0.749. The zero-order chi connectivity index (χ0) is 4.99. The first-order valence-electron chi connectivity index (χ1n) is 1.45. The predicted octanol–water partition coefficient (Wildman–Crippen LogP) is -3.68. The number of aliphatic hydroxyl groups excluding tert-OH is 1. The smallest absolute Gasteiger partial charge is 1.00 e. The Kier molecular flexibility index (Phi) is 11.1. The molecule has 0 saturated heterocycles. The number of hydrogen-bond acceptors (Lipinski definition) is 2. The Hall–Kier alpha value is 1.07. The van der Waals surface area contributed by atoms with Crippen LogP contribution in [0, 0.1) is 0 Å². The molecular weight excluding hydrogens is 127 g/mol. The van der Waals surface area contributed by atoms with Gasteiger partial charge in [-0.3, -0.25) is 0 Å². The Morgan fingerprint density at radius 1 is 1.71 bits per heavy atom. The largest absolute Gasteiger partial charge is 1.00 e. The third-order valence-electron chi connectivity index (χ3n) is 0.266. The van der Waals surface area contributed by atoms with E-state index in [2.05, 4.69) is 0 Å². The first kappa shape index (κ1) is 10.9. The molecule has 2 N–H and O–H groups in total. The van der Waals surface area contributed by atoms with Crippen LogP contribution in [0.3, 0.4) is 0 Å². The van der Waals surface area contributed by atoms with Gasteiger partial charge in [0.25, 0.3) is 0 Å². The van der Waals surface area contributed by atoms with Crippen molar-refractivity contribution in [2.45, 2.75) is 0 Å². The van der Waals surface area contributed by atoms with Crippen molar-refractivity contribution in [3.63, 3.8) is 0 Å². The van der Waals surface area contributed by atoms with Crippen molar-refractivity contribution in [1.29, 1.82) is 0 Å². The zero-order valence-corrected chi connectivity index (χ0v) is 6.94. The van der Waals surface area contributed by atoms with E-state index in [9.17, 15) is 4.21 Å². The molecule has 0 spiro atoms. The topological polar surface area (TPSA) is 57.5 Å². The maximum absolute atomic E-state index is 9.55. The molecule has 0 aliphatic rings. The molecule has 0 amide bonds. The Balaban J connectivity index is -0.000000125. The van der Waals surface area contributed by atoms with E-state index in [0.29, 0.717) is 0 Å². The van der Waals surface area contributed by atoms with Gasteiger partial charge in [-0.2, -0.15) is 0 Å². The van der Waals surface area contributed by atoms with Gasteiger partial charge in [0, 0.05) is 0 Å². The predicted molar refractivity (Wildman–Crippen MR) is 23.8 cm³/mol. The van der Waals surface area contributed by atoms with E-state index in [1.54, 1.807) is 0 Å². The van der Waals surface area contributed by atoms with Gasteiger partial charge in [-0.05, 0) is 0 Å². The van der Waals surface area contributed by atoms with Crippen LogP contribution in [0.15, 0.2) is 0 Å². The van der Waals surface area contributed by atoms with E-state index in [-0.39, 0.29) is 43.3 Å². The van der Waals surface area contributed by atoms with E-state index in [0.717, 1.165) is 0 Å². The fourth-order valence-electron chi connectivity index (χ4n) is 0.0781. The first-order valence-corrected chi connectivity index (χ1v) is 2.73. The van der Waals surface area contributed by atoms with Crippen LogP contribution < -0.4 is 29.6 Å². The molecule has 0 fully saturated rings.